The number of hydrogen-bond donors (Lipinski definition) is 1. The number of benzene rings is 2. The summed E-state index contributed by atoms with van der Waals surface area (Å²) in [6, 6.07) is 17.5. The van der Waals surface area contributed by atoms with Gasteiger partial charge in [-0.25, -0.2) is 0 Å². The van der Waals surface area contributed by atoms with Crippen molar-refractivity contribution in [3.8, 4) is 11.5 Å². The van der Waals surface area contributed by atoms with Gasteiger partial charge in [-0.05, 0) is 48.8 Å². The number of hydrogen-bond acceptors (Lipinski definition) is 3. The first-order valence-electron chi connectivity index (χ1n) is 9.20. The Labute approximate surface area is 156 Å². The van der Waals surface area contributed by atoms with Crippen molar-refractivity contribution < 1.29 is 14.1 Å². The van der Waals surface area contributed by atoms with E-state index >= 15 is 0 Å². The minimum Gasteiger partial charge on any atom is -0.457 e. The van der Waals surface area contributed by atoms with Gasteiger partial charge >= 0.3 is 0 Å². The molecule has 0 aliphatic heterocycles. The van der Waals surface area contributed by atoms with Gasteiger partial charge in [-0.15, -0.1) is 0 Å². The Bertz CT molecular complexity index is 746. The Morgan fingerprint density at radius 1 is 1.04 bits per heavy atom. The second-order valence-corrected chi connectivity index (χ2v) is 9.93. The number of carbonyl (C=O) groups is 1. The van der Waals surface area contributed by atoms with Gasteiger partial charge < -0.3 is 14.6 Å². The highest BCUT2D eigenvalue weighted by molar-refractivity contribution is 7.64. The molecule has 2 aromatic rings. The highest BCUT2D eigenvalue weighted by atomic mass is 31.2. The zero-order valence-corrected chi connectivity index (χ0v) is 16.5. The van der Waals surface area contributed by atoms with Gasteiger partial charge in [-0.2, -0.15) is 0 Å². The Balaban J connectivity index is 1.83. The largest absolute Gasteiger partial charge is 0.457 e. The SMILES string of the molecule is CCCP(=O)(CC)CC(=O)NCCc1cccc(Oc2ccccc2)c1. The third-order valence-corrected chi connectivity index (χ3v) is 7.53. The normalized spacial score (nSPS) is 13.0. The maximum Gasteiger partial charge on any atom is 0.227 e. The molecule has 4 nitrogen and oxygen atoms in total. The van der Waals surface area contributed by atoms with Crippen molar-refractivity contribution in [1.82, 2.24) is 5.32 Å². The highest BCUT2D eigenvalue weighted by Crippen LogP contribution is 2.45. The van der Waals surface area contributed by atoms with Crippen LogP contribution in [0.15, 0.2) is 54.6 Å². The van der Waals surface area contributed by atoms with E-state index in [1.54, 1.807) is 0 Å². The molecule has 1 amide bonds. The second kappa shape index (κ2) is 10.2. The number of nitrogens with one attached hydrogen (secondary N) is 1. The predicted octanol–water partition coefficient (Wildman–Crippen LogP) is 4.93. The van der Waals surface area contributed by atoms with Crippen molar-refractivity contribution in [2.75, 3.05) is 25.0 Å². The first kappa shape index (κ1) is 20.3. The third kappa shape index (κ3) is 6.68. The molecular weight excluding hydrogens is 345 g/mol. The van der Waals surface area contributed by atoms with Crippen molar-refractivity contribution in [3.63, 3.8) is 0 Å². The first-order chi connectivity index (χ1) is 12.5. The van der Waals surface area contributed by atoms with E-state index in [9.17, 15) is 9.36 Å². The van der Waals surface area contributed by atoms with Crippen LogP contribution < -0.4 is 10.1 Å². The Morgan fingerprint density at radius 2 is 1.77 bits per heavy atom. The van der Waals surface area contributed by atoms with Crippen molar-refractivity contribution in [2.24, 2.45) is 0 Å². The molecule has 0 radical (unpaired) electrons. The number of amides is 1. The summed E-state index contributed by atoms with van der Waals surface area (Å²) in [7, 11) is -2.35. The van der Waals surface area contributed by atoms with Crippen molar-refractivity contribution in [3.05, 3.63) is 60.2 Å². The van der Waals surface area contributed by atoms with Gasteiger partial charge in [-0.3, -0.25) is 4.79 Å². The molecule has 140 valence electrons. The molecule has 0 bridgehead atoms. The Kier molecular flexibility index (Phi) is 7.93. The van der Waals surface area contributed by atoms with Crippen LogP contribution in [0.3, 0.4) is 0 Å². The number of rotatable bonds is 10. The summed E-state index contributed by atoms with van der Waals surface area (Å²) in [4.78, 5) is 12.1. The maximum atomic E-state index is 12.6. The van der Waals surface area contributed by atoms with Gasteiger partial charge in [0.15, 0.2) is 0 Å². The lowest BCUT2D eigenvalue weighted by atomic mass is 10.1. The average Bonchev–Trinajstić information content (AvgIpc) is 2.63. The second-order valence-electron chi connectivity index (χ2n) is 6.42. The molecule has 0 spiro atoms. The molecule has 1 atom stereocenters. The van der Waals surface area contributed by atoms with Crippen LogP contribution in [0, 0.1) is 0 Å². The fourth-order valence-electron chi connectivity index (χ4n) is 2.81. The summed E-state index contributed by atoms with van der Waals surface area (Å²) in [5.41, 5.74) is 1.09. The van der Waals surface area contributed by atoms with Gasteiger partial charge in [0, 0.05) is 12.7 Å². The lowest BCUT2D eigenvalue weighted by molar-refractivity contribution is -0.118. The molecular formula is C21H28NO3P. The van der Waals surface area contributed by atoms with Gasteiger partial charge in [0.25, 0.3) is 0 Å². The smallest absolute Gasteiger partial charge is 0.227 e. The van der Waals surface area contributed by atoms with Gasteiger partial charge in [0.05, 0.1) is 13.3 Å². The minimum absolute atomic E-state index is 0.111. The summed E-state index contributed by atoms with van der Waals surface area (Å²) >= 11 is 0. The van der Waals surface area contributed by atoms with Crippen molar-refractivity contribution in [2.45, 2.75) is 26.7 Å². The molecule has 0 saturated heterocycles. The molecule has 1 unspecified atom stereocenters. The summed E-state index contributed by atoms with van der Waals surface area (Å²) in [5.74, 6) is 1.46. The standard InChI is InChI=1S/C21H28NO3P/c1-3-15-26(24,4-2)17-21(23)22-14-13-18-9-8-12-20(16-18)25-19-10-6-5-7-11-19/h5-12,16H,3-4,13-15,17H2,1-2H3,(H,22,23). The van der Waals surface area contributed by atoms with Crippen molar-refractivity contribution >= 4 is 13.0 Å². The van der Waals surface area contributed by atoms with E-state index in [4.69, 9.17) is 4.74 Å². The molecule has 0 aliphatic rings. The summed E-state index contributed by atoms with van der Waals surface area (Å²) in [6.07, 6.45) is 2.96. The van der Waals surface area contributed by atoms with E-state index in [-0.39, 0.29) is 12.1 Å². The van der Waals surface area contributed by atoms with Crippen LogP contribution in [0.2, 0.25) is 0 Å². The summed E-state index contributed by atoms with van der Waals surface area (Å²) in [6.45, 7) is 4.44. The van der Waals surface area contributed by atoms with E-state index in [2.05, 4.69) is 5.32 Å². The monoisotopic (exact) mass is 373 g/mol. The summed E-state index contributed by atoms with van der Waals surface area (Å²) < 4.78 is 18.4. The summed E-state index contributed by atoms with van der Waals surface area (Å²) in [5, 5.41) is 2.90. The predicted molar refractivity (Wildman–Crippen MR) is 108 cm³/mol. The van der Waals surface area contributed by atoms with E-state index in [1.807, 2.05) is 68.4 Å². The Morgan fingerprint density at radius 3 is 2.46 bits per heavy atom. The van der Waals surface area contributed by atoms with Crippen LogP contribution in [0.4, 0.5) is 0 Å². The van der Waals surface area contributed by atoms with E-state index in [1.165, 1.54) is 0 Å². The molecule has 1 N–H and O–H groups in total. The molecule has 2 aromatic carbocycles. The van der Waals surface area contributed by atoms with Crippen molar-refractivity contribution in [1.29, 1.82) is 0 Å². The lowest BCUT2D eigenvalue weighted by Crippen LogP contribution is -2.29. The third-order valence-electron chi connectivity index (χ3n) is 4.25. The highest BCUT2D eigenvalue weighted by Gasteiger charge is 2.22. The molecule has 0 saturated carbocycles. The maximum absolute atomic E-state index is 12.6. The van der Waals surface area contributed by atoms with E-state index < -0.39 is 7.14 Å². The van der Waals surface area contributed by atoms with Crippen LogP contribution in [-0.4, -0.2) is 30.9 Å². The molecule has 0 fully saturated rings. The molecule has 2 rings (SSSR count). The van der Waals surface area contributed by atoms with Crippen LogP contribution in [0.1, 0.15) is 25.8 Å². The van der Waals surface area contributed by atoms with Gasteiger partial charge in [0.2, 0.25) is 5.91 Å². The van der Waals surface area contributed by atoms with Crippen LogP contribution in [-0.2, 0) is 15.8 Å². The van der Waals surface area contributed by atoms with Crippen LogP contribution in [0.25, 0.3) is 0 Å². The number of carbonyl (C=O) groups excluding carboxylic acids is 1. The topological polar surface area (TPSA) is 55.4 Å². The number of para-hydroxylation sites is 1. The molecule has 0 aliphatic carbocycles. The van der Waals surface area contributed by atoms with E-state index in [0.717, 1.165) is 23.5 Å². The Hall–Kier alpha value is -2.06. The van der Waals surface area contributed by atoms with Gasteiger partial charge in [-0.1, -0.05) is 44.2 Å². The molecule has 5 heteroatoms. The van der Waals surface area contributed by atoms with Crippen LogP contribution in [0.5, 0.6) is 11.5 Å². The molecule has 26 heavy (non-hydrogen) atoms. The zero-order chi connectivity index (χ0) is 18.8. The average molecular weight is 373 g/mol. The van der Waals surface area contributed by atoms with Gasteiger partial charge in [0.1, 0.15) is 11.5 Å². The fourth-order valence-corrected chi connectivity index (χ4v) is 4.96. The minimum atomic E-state index is -2.35. The van der Waals surface area contributed by atoms with Crippen LogP contribution >= 0.6 is 7.14 Å². The molecule has 0 heterocycles. The van der Waals surface area contributed by atoms with E-state index in [0.29, 0.717) is 25.3 Å². The number of ether oxygens (including phenoxy) is 1. The quantitative estimate of drug-likeness (QED) is 0.601. The lowest BCUT2D eigenvalue weighted by Gasteiger charge is -2.15. The molecule has 0 aromatic heterocycles. The zero-order valence-electron chi connectivity index (χ0n) is 15.6. The fraction of sp³-hybridized carbons (Fsp3) is 0.381. The first-order valence-corrected chi connectivity index (χ1v) is 11.5.